The molecule has 9 heteroatoms. The van der Waals surface area contributed by atoms with Crippen molar-refractivity contribution in [3.8, 4) is 5.82 Å². The molecule has 3 heterocycles. The number of nitrogens with zero attached hydrogens (tertiary/aromatic N) is 5. The predicted octanol–water partition coefficient (Wildman–Crippen LogP) is 2.23. The second kappa shape index (κ2) is 7.33. The minimum atomic E-state index is -3.71. The van der Waals surface area contributed by atoms with Crippen molar-refractivity contribution in [2.75, 3.05) is 31.1 Å². The third-order valence-corrected chi connectivity index (χ3v) is 6.57. The van der Waals surface area contributed by atoms with Crippen molar-refractivity contribution in [1.29, 1.82) is 0 Å². The number of sulfonamides is 1. The Bertz CT molecular complexity index is 1080. The van der Waals surface area contributed by atoms with E-state index >= 15 is 0 Å². The van der Waals surface area contributed by atoms with Gasteiger partial charge in [0.2, 0.25) is 10.0 Å². The van der Waals surface area contributed by atoms with Crippen molar-refractivity contribution in [2.24, 2.45) is 0 Å². The van der Waals surface area contributed by atoms with Gasteiger partial charge in [0.15, 0.2) is 0 Å². The predicted molar refractivity (Wildman–Crippen MR) is 103 cm³/mol. The molecule has 4 rings (SSSR count). The van der Waals surface area contributed by atoms with Crippen molar-refractivity contribution in [3.63, 3.8) is 0 Å². The summed E-state index contributed by atoms with van der Waals surface area (Å²) in [6.45, 7) is 3.44. The molecule has 3 aromatic rings. The highest BCUT2D eigenvalue weighted by molar-refractivity contribution is 7.89. The van der Waals surface area contributed by atoms with Gasteiger partial charge in [-0.1, -0.05) is 6.07 Å². The van der Waals surface area contributed by atoms with E-state index in [0.29, 0.717) is 32.0 Å². The van der Waals surface area contributed by atoms with Crippen LogP contribution in [0.15, 0.2) is 59.8 Å². The maximum atomic E-state index is 13.4. The van der Waals surface area contributed by atoms with Crippen LogP contribution >= 0.6 is 0 Å². The summed E-state index contributed by atoms with van der Waals surface area (Å²) in [5.41, 5.74) is 0. The van der Waals surface area contributed by atoms with E-state index in [9.17, 15) is 12.8 Å². The average Bonchev–Trinajstić information content (AvgIpc) is 3.22. The molecule has 146 valence electrons. The molecule has 0 saturated carbocycles. The first-order valence-corrected chi connectivity index (χ1v) is 10.4. The van der Waals surface area contributed by atoms with Crippen LogP contribution in [0.1, 0.15) is 5.82 Å². The summed E-state index contributed by atoms with van der Waals surface area (Å²) in [6, 6.07) is 10.9. The molecule has 0 aliphatic carbocycles. The fraction of sp³-hybridized carbons (Fsp3) is 0.263. The summed E-state index contributed by atoms with van der Waals surface area (Å²) in [5, 5.41) is 0. The lowest BCUT2D eigenvalue weighted by atomic mass is 10.3. The van der Waals surface area contributed by atoms with Gasteiger partial charge in [-0.15, -0.1) is 0 Å². The van der Waals surface area contributed by atoms with E-state index in [2.05, 4.69) is 9.97 Å². The number of aryl methyl sites for hydroxylation is 1. The van der Waals surface area contributed by atoms with Crippen LogP contribution in [-0.4, -0.2) is 53.4 Å². The summed E-state index contributed by atoms with van der Waals surface area (Å²) in [6.07, 6.45) is 3.82. The highest BCUT2D eigenvalue weighted by Gasteiger charge is 2.29. The first-order valence-electron chi connectivity index (χ1n) is 8.93. The van der Waals surface area contributed by atoms with Crippen LogP contribution in [0, 0.1) is 12.7 Å². The standard InChI is InChI=1S/C19H20FN5O2S/c1-15-21-18(23-7-2-3-8-23)14-19(22-15)24-9-11-25(12-10-24)28(26,27)17-6-4-5-16(20)13-17/h2-8,13-14H,9-12H2,1H3. The minimum absolute atomic E-state index is 0.0197. The fourth-order valence-electron chi connectivity index (χ4n) is 3.25. The molecule has 1 aliphatic rings. The van der Waals surface area contributed by atoms with Gasteiger partial charge in [-0.2, -0.15) is 4.31 Å². The van der Waals surface area contributed by atoms with Gasteiger partial charge in [-0.05, 0) is 37.3 Å². The quantitative estimate of drug-likeness (QED) is 0.670. The Morgan fingerprint density at radius 2 is 1.61 bits per heavy atom. The molecular formula is C19H20FN5O2S. The molecule has 1 aromatic carbocycles. The Morgan fingerprint density at radius 3 is 2.29 bits per heavy atom. The number of hydrogen-bond acceptors (Lipinski definition) is 5. The molecule has 0 atom stereocenters. The maximum Gasteiger partial charge on any atom is 0.243 e. The average molecular weight is 401 g/mol. The molecule has 0 radical (unpaired) electrons. The van der Waals surface area contributed by atoms with Crippen molar-refractivity contribution < 1.29 is 12.8 Å². The number of benzene rings is 1. The van der Waals surface area contributed by atoms with E-state index < -0.39 is 15.8 Å². The Morgan fingerprint density at radius 1 is 0.929 bits per heavy atom. The Hall–Kier alpha value is -2.78. The summed E-state index contributed by atoms with van der Waals surface area (Å²) in [5.74, 6) is 1.62. The van der Waals surface area contributed by atoms with Gasteiger partial charge in [0.25, 0.3) is 0 Å². The Balaban J connectivity index is 1.52. The summed E-state index contributed by atoms with van der Waals surface area (Å²) in [4.78, 5) is 11.0. The lowest BCUT2D eigenvalue weighted by molar-refractivity contribution is 0.383. The molecule has 1 aliphatic heterocycles. The van der Waals surface area contributed by atoms with Crippen LogP contribution in [0.5, 0.6) is 0 Å². The van der Waals surface area contributed by atoms with Crippen LogP contribution in [0.2, 0.25) is 0 Å². The zero-order valence-corrected chi connectivity index (χ0v) is 16.2. The minimum Gasteiger partial charge on any atom is -0.354 e. The number of anilines is 1. The van der Waals surface area contributed by atoms with Crippen molar-refractivity contribution in [1.82, 2.24) is 18.8 Å². The van der Waals surface area contributed by atoms with E-state index in [1.807, 2.05) is 47.0 Å². The normalized spacial score (nSPS) is 15.7. The highest BCUT2D eigenvalue weighted by Crippen LogP contribution is 2.22. The van der Waals surface area contributed by atoms with Crippen molar-refractivity contribution in [2.45, 2.75) is 11.8 Å². The molecule has 0 amide bonds. The summed E-state index contributed by atoms with van der Waals surface area (Å²) >= 11 is 0. The van der Waals surface area contributed by atoms with Gasteiger partial charge in [0.1, 0.15) is 23.3 Å². The lowest BCUT2D eigenvalue weighted by Gasteiger charge is -2.34. The number of hydrogen-bond donors (Lipinski definition) is 0. The monoisotopic (exact) mass is 401 g/mol. The zero-order chi connectivity index (χ0) is 19.7. The van der Waals surface area contributed by atoms with E-state index in [-0.39, 0.29) is 4.90 Å². The number of aromatic nitrogens is 3. The first kappa shape index (κ1) is 18.6. The topological polar surface area (TPSA) is 71.3 Å². The van der Waals surface area contributed by atoms with Crippen LogP contribution in [-0.2, 0) is 10.0 Å². The Labute approximate surface area is 163 Å². The van der Waals surface area contributed by atoms with Gasteiger partial charge in [-0.3, -0.25) is 0 Å². The van der Waals surface area contributed by atoms with Crippen LogP contribution in [0.25, 0.3) is 5.82 Å². The number of halogens is 1. The SMILES string of the molecule is Cc1nc(N2CCN(S(=O)(=O)c3cccc(F)c3)CC2)cc(-n2cccc2)n1. The van der Waals surface area contributed by atoms with Crippen LogP contribution in [0.3, 0.4) is 0 Å². The zero-order valence-electron chi connectivity index (χ0n) is 15.4. The first-order chi connectivity index (χ1) is 13.4. The second-order valence-electron chi connectivity index (χ2n) is 6.57. The van der Waals surface area contributed by atoms with Gasteiger partial charge < -0.3 is 9.47 Å². The van der Waals surface area contributed by atoms with E-state index in [1.54, 1.807) is 0 Å². The molecule has 1 fully saturated rings. The molecule has 2 aromatic heterocycles. The third kappa shape index (κ3) is 3.63. The maximum absolute atomic E-state index is 13.4. The second-order valence-corrected chi connectivity index (χ2v) is 8.51. The van der Waals surface area contributed by atoms with Gasteiger partial charge in [0.05, 0.1) is 4.90 Å². The molecule has 0 unspecified atom stereocenters. The van der Waals surface area contributed by atoms with Crippen molar-refractivity contribution >= 4 is 15.8 Å². The van der Waals surface area contributed by atoms with E-state index in [4.69, 9.17) is 0 Å². The molecule has 0 N–H and O–H groups in total. The van der Waals surface area contributed by atoms with E-state index in [0.717, 1.165) is 17.7 Å². The highest BCUT2D eigenvalue weighted by atomic mass is 32.2. The molecule has 1 saturated heterocycles. The molecule has 7 nitrogen and oxygen atoms in total. The molecular weight excluding hydrogens is 381 g/mol. The summed E-state index contributed by atoms with van der Waals surface area (Å²) < 4.78 is 42.2. The van der Waals surface area contributed by atoms with Gasteiger partial charge >= 0.3 is 0 Å². The van der Waals surface area contributed by atoms with Crippen LogP contribution in [0.4, 0.5) is 10.2 Å². The van der Waals surface area contributed by atoms with E-state index in [1.165, 1.54) is 22.5 Å². The van der Waals surface area contributed by atoms with Gasteiger partial charge in [0, 0.05) is 44.6 Å². The molecule has 0 spiro atoms. The number of rotatable bonds is 4. The smallest absolute Gasteiger partial charge is 0.243 e. The molecule has 28 heavy (non-hydrogen) atoms. The molecule has 0 bridgehead atoms. The Kier molecular flexibility index (Phi) is 4.86. The van der Waals surface area contributed by atoms with Crippen LogP contribution < -0.4 is 4.90 Å². The van der Waals surface area contributed by atoms with Crippen molar-refractivity contribution in [3.05, 3.63) is 66.5 Å². The fourth-order valence-corrected chi connectivity index (χ4v) is 4.71. The summed E-state index contributed by atoms with van der Waals surface area (Å²) in [7, 11) is -3.71. The third-order valence-electron chi connectivity index (χ3n) is 4.68. The van der Waals surface area contributed by atoms with Gasteiger partial charge in [-0.25, -0.2) is 22.8 Å². The number of piperazine rings is 1. The lowest BCUT2D eigenvalue weighted by Crippen LogP contribution is -2.49. The largest absolute Gasteiger partial charge is 0.354 e.